The monoisotopic (exact) mass is 339 g/mol. The molecule has 108 valence electrons. The van der Waals surface area contributed by atoms with Gasteiger partial charge in [0.25, 0.3) is 0 Å². The van der Waals surface area contributed by atoms with Gasteiger partial charge in [-0.25, -0.2) is 9.37 Å². The van der Waals surface area contributed by atoms with Gasteiger partial charge in [0.1, 0.15) is 6.17 Å². The first-order valence-electron chi connectivity index (χ1n) is 7.21. The highest BCUT2D eigenvalue weighted by Gasteiger charge is 2.17. The molecule has 2 heterocycles. The summed E-state index contributed by atoms with van der Waals surface area (Å²) in [5.41, 5.74) is 2.19. The molecule has 1 saturated heterocycles. The number of benzene rings is 1. The maximum atomic E-state index is 13.1. The molecule has 0 spiro atoms. The summed E-state index contributed by atoms with van der Waals surface area (Å²) in [5.74, 6) is 0. The number of aromatic nitrogens is 2. The zero-order chi connectivity index (χ0) is 13.9. The zero-order valence-electron chi connectivity index (χ0n) is 11.4. The fraction of sp³-hybridized carbons (Fsp3) is 0.533. The number of aryl methyl sites for hydroxylation is 1. The van der Waals surface area contributed by atoms with Gasteiger partial charge in [-0.3, -0.25) is 0 Å². The minimum absolute atomic E-state index is 0.585. The van der Waals surface area contributed by atoms with Crippen molar-refractivity contribution in [2.45, 2.75) is 32.0 Å². The van der Waals surface area contributed by atoms with Gasteiger partial charge in [-0.2, -0.15) is 0 Å². The summed E-state index contributed by atoms with van der Waals surface area (Å²) in [6.45, 7) is 3.77. The minimum atomic E-state index is -0.585. The van der Waals surface area contributed by atoms with Crippen LogP contribution < -0.4 is 0 Å². The van der Waals surface area contributed by atoms with Crippen LogP contribution in [0.3, 0.4) is 0 Å². The molecule has 0 saturated carbocycles. The molecule has 20 heavy (non-hydrogen) atoms. The molecular formula is C15H19BrFN3. The Bertz CT molecular complexity index is 576. The lowest BCUT2D eigenvalue weighted by Crippen LogP contribution is -2.35. The van der Waals surface area contributed by atoms with Crippen LogP contribution in [-0.2, 0) is 6.54 Å². The number of halogens is 2. The summed E-state index contributed by atoms with van der Waals surface area (Å²) >= 11 is 3.53. The highest BCUT2D eigenvalue weighted by atomic mass is 79.9. The van der Waals surface area contributed by atoms with Gasteiger partial charge < -0.3 is 9.47 Å². The summed E-state index contributed by atoms with van der Waals surface area (Å²) in [6.07, 6.45) is 1.86. The Morgan fingerprint density at radius 3 is 2.75 bits per heavy atom. The van der Waals surface area contributed by atoms with E-state index in [1.54, 1.807) is 0 Å². The van der Waals surface area contributed by atoms with Crippen LogP contribution in [0.5, 0.6) is 0 Å². The lowest BCUT2D eigenvalue weighted by molar-refractivity contribution is 0.148. The fourth-order valence-corrected chi connectivity index (χ4v) is 3.40. The molecule has 3 nitrogen and oxygen atoms in total. The molecule has 1 aromatic carbocycles. The number of nitrogens with zero attached hydrogens (tertiary/aromatic N) is 3. The van der Waals surface area contributed by atoms with E-state index in [0.29, 0.717) is 12.8 Å². The number of alkyl halides is 1. The molecule has 2 aromatic rings. The number of likely N-dealkylation sites (tertiary alicyclic amines) is 1. The summed E-state index contributed by atoms with van der Waals surface area (Å²) in [4.78, 5) is 6.87. The van der Waals surface area contributed by atoms with Crippen molar-refractivity contribution >= 4 is 27.0 Å². The number of para-hydroxylation sites is 2. The first kappa shape index (κ1) is 14.0. The quantitative estimate of drug-likeness (QED) is 0.848. The van der Waals surface area contributed by atoms with E-state index in [1.165, 1.54) is 5.52 Å². The van der Waals surface area contributed by atoms with Crippen molar-refractivity contribution in [3.8, 4) is 0 Å². The third-order valence-corrected chi connectivity index (χ3v) is 4.59. The maximum Gasteiger partial charge on any atom is 0.178 e. The van der Waals surface area contributed by atoms with Crippen molar-refractivity contribution in [3.05, 3.63) is 29.0 Å². The number of fused-ring (bicyclic) bond motifs is 1. The van der Waals surface area contributed by atoms with E-state index in [1.807, 2.05) is 18.2 Å². The Morgan fingerprint density at radius 2 is 1.95 bits per heavy atom. The van der Waals surface area contributed by atoms with Gasteiger partial charge in [0.05, 0.1) is 11.0 Å². The second-order valence-corrected chi connectivity index (χ2v) is 6.10. The second kappa shape index (κ2) is 6.22. The number of rotatable bonds is 4. The number of hydrogen-bond donors (Lipinski definition) is 0. The highest BCUT2D eigenvalue weighted by molar-refractivity contribution is 9.10. The maximum absolute atomic E-state index is 13.1. The topological polar surface area (TPSA) is 21.1 Å². The Hall–Kier alpha value is -0.940. The second-order valence-electron chi connectivity index (χ2n) is 5.39. The van der Waals surface area contributed by atoms with E-state index in [9.17, 15) is 4.39 Å². The van der Waals surface area contributed by atoms with E-state index < -0.39 is 6.17 Å². The van der Waals surface area contributed by atoms with E-state index in [4.69, 9.17) is 0 Å². The van der Waals surface area contributed by atoms with Crippen LogP contribution in [0.15, 0.2) is 29.0 Å². The third-order valence-electron chi connectivity index (χ3n) is 3.98. The van der Waals surface area contributed by atoms with E-state index >= 15 is 0 Å². The molecule has 0 atom stereocenters. The van der Waals surface area contributed by atoms with Crippen LogP contribution in [0, 0.1) is 0 Å². The summed E-state index contributed by atoms with van der Waals surface area (Å²) in [7, 11) is 0. The standard InChI is InChI=1S/C15H19BrFN3/c16-15-18-13-4-1-2-5-14(13)20(15)9-3-8-19-10-6-12(17)7-11-19/h1-2,4-5,12H,3,6-11H2. The molecular weight excluding hydrogens is 321 g/mol. The van der Waals surface area contributed by atoms with Crippen molar-refractivity contribution < 1.29 is 4.39 Å². The molecule has 0 aliphatic carbocycles. The average molecular weight is 340 g/mol. The van der Waals surface area contributed by atoms with Gasteiger partial charge in [0.2, 0.25) is 0 Å². The molecule has 5 heteroatoms. The molecule has 0 bridgehead atoms. The van der Waals surface area contributed by atoms with Gasteiger partial charge in [-0.1, -0.05) is 12.1 Å². The zero-order valence-corrected chi connectivity index (χ0v) is 13.0. The van der Waals surface area contributed by atoms with Crippen LogP contribution in [0.2, 0.25) is 0 Å². The molecule has 0 amide bonds. The minimum Gasteiger partial charge on any atom is -0.318 e. The van der Waals surface area contributed by atoms with Crippen LogP contribution in [0.4, 0.5) is 4.39 Å². The molecule has 0 radical (unpaired) electrons. The number of piperidine rings is 1. The highest BCUT2D eigenvalue weighted by Crippen LogP contribution is 2.20. The van der Waals surface area contributed by atoms with Crippen LogP contribution in [0.1, 0.15) is 19.3 Å². The molecule has 0 unspecified atom stereocenters. The largest absolute Gasteiger partial charge is 0.318 e. The first-order chi connectivity index (χ1) is 9.74. The molecule has 1 aromatic heterocycles. The lowest BCUT2D eigenvalue weighted by atomic mass is 10.1. The molecule has 1 aliphatic heterocycles. The van der Waals surface area contributed by atoms with Crippen LogP contribution in [0.25, 0.3) is 11.0 Å². The summed E-state index contributed by atoms with van der Waals surface area (Å²) < 4.78 is 16.2. The normalized spacial score (nSPS) is 17.9. The Morgan fingerprint density at radius 1 is 1.20 bits per heavy atom. The Balaban J connectivity index is 1.59. The van der Waals surface area contributed by atoms with E-state index in [0.717, 1.165) is 42.9 Å². The van der Waals surface area contributed by atoms with Gasteiger partial charge in [-0.15, -0.1) is 0 Å². The molecule has 1 fully saturated rings. The predicted molar refractivity (Wildman–Crippen MR) is 82.6 cm³/mol. The van der Waals surface area contributed by atoms with E-state index in [2.05, 4.69) is 36.4 Å². The van der Waals surface area contributed by atoms with Gasteiger partial charge >= 0.3 is 0 Å². The summed E-state index contributed by atoms with van der Waals surface area (Å²) in [6, 6.07) is 8.18. The number of imidazole rings is 1. The van der Waals surface area contributed by atoms with Crippen molar-refractivity contribution in [3.63, 3.8) is 0 Å². The third kappa shape index (κ3) is 3.04. The predicted octanol–water partition coefficient (Wildman–Crippen LogP) is 3.62. The lowest BCUT2D eigenvalue weighted by Gasteiger charge is -2.28. The number of hydrogen-bond acceptors (Lipinski definition) is 2. The van der Waals surface area contributed by atoms with Crippen molar-refractivity contribution in [1.29, 1.82) is 0 Å². The fourth-order valence-electron chi connectivity index (χ4n) is 2.84. The van der Waals surface area contributed by atoms with Gasteiger partial charge in [-0.05, 0) is 53.9 Å². The average Bonchev–Trinajstić information content (AvgIpc) is 2.77. The first-order valence-corrected chi connectivity index (χ1v) is 8.00. The molecule has 0 N–H and O–H groups in total. The van der Waals surface area contributed by atoms with Crippen LogP contribution in [-0.4, -0.2) is 40.3 Å². The van der Waals surface area contributed by atoms with E-state index in [-0.39, 0.29) is 0 Å². The Kier molecular flexibility index (Phi) is 4.36. The molecule has 3 rings (SSSR count). The van der Waals surface area contributed by atoms with Crippen molar-refractivity contribution in [1.82, 2.24) is 14.5 Å². The smallest absolute Gasteiger partial charge is 0.178 e. The van der Waals surface area contributed by atoms with Crippen molar-refractivity contribution in [2.75, 3.05) is 19.6 Å². The van der Waals surface area contributed by atoms with Gasteiger partial charge in [0, 0.05) is 19.6 Å². The van der Waals surface area contributed by atoms with Crippen LogP contribution >= 0.6 is 15.9 Å². The molecule has 1 aliphatic rings. The SMILES string of the molecule is FC1CCN(CCCn2c(Br)nc3ccccc32)CC1. The Labute approximate surface area is 126 Å². The summed E-state index contributed by atoms with van der Waals surface area (Å²) in [5, 5.41) is 0. The van der Waals surface area contributed by atoms with Gasteiger partial charge in [0.15, 0.2) is 4.73 Å². The van der Waals surface area contributed by atoms with Crippen molar-refractivity contribution in [2.24, 2.45) is 0 Å².